The van der Waals surface area contributed by atoms with Gasteiger partial charge < -0.3 is 15.0 Å². The number of hydrogen-bond donors (Lipinski definition) is 2. The Bertz CT molecular complexity index is 1120. The van der Waals surface area contributed by atoms with Crippen molar-refractivity contribution in [1.82, 2.24) is 20.2 Å². The molecule has 10 heteroatoms. The smallest absolute Gasteiger partial charge is 0.401 e. The van der Waals surface area contributed by atoms with E-state index in [0.717, 1.165) is 16.5 Å². The SMILES string of the molecule is C[C@@H]1Cc2c([nH]c3ccccc23)C(c2nccc(OCCNCCCF)c2Cl)N1CC(F)(F)F. The van der Waals surface area contributed by atoms with Gasteiger partial charge >= 0.3 is 6.18 Å². The van der Waals surface area contributed by atoms with Gasteiger partial charge in [-0.15, -0.1) is 0 Å². The van der Waals surface area contributed by atoms with Gasteiger partial charge in [0, 0.05) is 41.4 Å². The Morgan fingerprint density at radius 1 is 1.24 bits per heavy atom. The highest BCUT2D eigenvalue weighted by Gasteiger charge is 2.43. The third-order valence-electron chi connectivity index (χ3n) is 6.04. The minimum Gasteiger partial charge on any atom is -0.491 e. The summed E-state index contributed by atoms with van der Waals surface area (Å²) in [4.78, 5) is 9.14. The van der Waals surface area contributed by atoms with Crippen molar-refractivity contribution in [3.63, 3.8) is 0 Å². The highest BCUT2D eigenvalue weighted by molar-refractivity contribution is 6.32. The molecule has 0 saturated carbocycles. The topological polar surface area (TPSA) is 53.2 Å². The van der Waals surface area contributed by atoms with Gasteiger partial charge in [0.25, 0.3) is 0 Å². The first-order chi connectivity index (χ1) is 16.3. The van der Waals surface area contributed by atoms with Crippen LogP contribution in [0.2, 0.25) is 5.02 Å². The summed E-state index contributed by atoms with van der Waals surface area (Å²) in [6.45, 7) is 1.61. The summed E-state index contributed by atoms with van der Waals surface area (Å²) in [7, 11) is 0. The molecule has 0 spiro atoms. The fourth-order valence-electron chi connectivity index (χ4n) is 4.55. The largest absolute Gasteiger partial charge is 0.491 e. The second kappa shape index (κ2) is 10.5. The van der Waals surface area contributed by atoms with Crippen LogP contribution in [0.4, 0.5) is 17.6 Å². The van der Waals surface area contributed by atoms with Crippen LogP contribution in [0, 0.1) is 0 Å². The molecule has 0 amide bonds. The molecule has 1 aliphatic heterocycles. The van der Waals surface area contributed by atoms with Crippen molar-refractivity contribution in [2.75, 3.05) is 32.9 Å². The number of ether oxygens (including phenoxy) is 1. The molecule has 1 unspecified atom stereocenters. The molecule has 1 aliphatic rings. The number of fused-ring (bicyclic) bond motifs is 3. The maximum absolute atomic E-state index is 13.6. The number of alkyl halides is 4. The number of nitrogens with zero attached hydrogens (tertiary/aromatic N) is 2. The molecule has 0 bridgehead atoms. The fraction of sp³-hybridized carbons (Fsp3) is 0.458. The van der Waals surface area contributed by atoms with Crippen molar-refractivity contribution in [1.29, 1.82) is 0 Å². The van der Waals surface area contributed by atoms with E-state index in [4.69, 9.17) is 16.3 Å². The van der Waals surface area contributed by atoms with Crippen molar-refractivity contribution >= 4 is 22.5 Å². The molecule has 0 fully saturated rings. The van der Waals surface area contributed by atoms with Crippen LogP contribution in [0.3, 0.4) is 0 Å². The lowest BCUT2D eigenvalue weighted by molar-refractivity contribution is -0.155. The van der Waals surface area contributed by atoms with Crippen molar-refractivity contribution in [2.45, 2.75) is 38.0 Å². The molecule has 184 valence electrons. The van der Waals surface area contributed by atoms with E-state index in [1.807, 2.05) is 24.3 Å². The molecule has 3 aromatic rings. The zero-order valence-electron chi connectivity index (χ0n) is 18.8. The summed E-state index contributed by atoms with van der Waals surface area (Å²) in [5, 5.41) is 4.23. The Hall–Kier alpha value is -2.36. The van der Waals surface area contributed by atoms with Crippen molar-refractivity contribution < 1.29 is 22.3 Å². The summed E-state index contributed by atoms with van der Waals surface area (Å²) in [6, 6.07) is 8.08. The lowest BCUT2D eigenvalue weighted by atomic mass is 9.90. The summed E-state index contributed by atoms with van der Waals surface area (Å²) in [6.07, 6.45) is -1.99. The zero-order valence-corrected chi connectivity index (χ0v) is 19.5. The van der Waals surface area contributed by atoms with E-state index < -0.39 is 25.4 Å². The molecule has 1 aromatic carbocycles. The highest BCUT2D eigenvalue weighted by atomic mass is 35.5. The zero-order chi connectivity index (χ0) is 24.3. The van der Waals surface area contributed by atoms with Crippen LogP contribution in [0.1, 0.15) is 36.3 Å². The molecule has 0 saturated heterocycles. The molecule has 2 N–H and O–H groups in total. The molecule has 0 aliphatic carbocycles. The van der Waals surface area contributed by atoms with Crippen LogP contribution in [-0.2, 0) is 6.42 Å². The van der Waals surface area contributed by atoms with Gasteiger partial charge in [0.2, 0.25) is 0 Å². The third kappa shape index (κ3) is 5.31. The Kier molecular flexibility index (Phi) is 7.64. The maximum Gasteiger partial charge on any atom is 0.401 e. The number of aromatic amines is 1. The second-order valence-electron chi connectivity index (χ2n) is 8.46. The van der Waals surface area contributed by atoms with E-state index in [2.05, 4.69) is 15.3 Å². The van der Waals surface area contributed by atoms with Gasteiger partial charge in [-0.3, -0.25) is 14.3 Å². The van der Waals surface area contributed by atoms with E-state index in [-0.39, 0.29) is 17.7 Å². The van der Waals surface area contributed by atoms with Crippen LogP contribution in [0.25, 0.3) is 10.9 Å². The van der Waals surface area contributed by atoms with Gasteiger partial charge in [-0.2, -0.15) is 13.2 Å². The number of aromatic nitrogens is 2. The number of halogens is 5. The molecular formula is C24H27ClF4N4O. The van der Waals surface area contributed by atoms with Gasteiger partial charge in [0.1, 0.15) is 17.4 Å². The maximum atomic E-state index is 13.6. The molecule has 2 aromatic heterocycles. The molecule has 3 heterocycles. The number of rotatable bonds is 9. The van der Waals surface area contributed by atoms with Crippen LogP contribution in [0.5, 0.6) is 5.75 Å². The van der Waals surface area contributed by atoms with Crippen molar-refractivity contribution in [2.24, 2.45) is 0 Å². The molecule has 0 radical (unpaired) electrons. The van der Waals surface area contributed by atoms with Crippen LogP contribution >= 0.6 is 11.6 Å². The summed E-state index contributed by atoms with van der Waals surface area (Å²) < 4.78 is 58.8. The minimum absolute atomic E-state index is 0.183. The number of benzene rings is 1. The predicted molar refractivity (Wildman–Crippen MR) is 124 cm³/mol. The molecule has 2 atom stereocenters. The van der Waals surface area contributed by atoms with Gasteiger partial charge in [-0.1, -0.05) is 29.8 Å². The first kappa shape index (κ1) is 24.8. The molecule has 34 heavy (non-hydrogen) atoms. The average molecular weight is 499 g/mol. The number of nitrogens with one attached hydrogen (secondary N) is 2. The van der Waals surface area contributed by atoms with Crippen LogP contribution in [-0.4, -0.2) is 60.0 Å². The number of hydrogen-bond acceptors (Lipinski definition) is 4. The van der Waals surface area contributed by atoms with E-state index >= 15 is 0 Å². The lowest BCUT2D eigenvalue weighted by Crippen LogP contribution is -2.47. The van der Waals surface area contributed by atoms with Gasteiger partial charge in [0.05, 0.1) is 25.0 Å². The predicted octanol–water partition coefficient (Wildman–Crippen LogP) is 5.44. The van der Waals surface area contributed by atoms with E-state index in [0.29, 0.717) is 43.1 Å². The van der Waals surface area contributed by atoms with E-state index in [1.165, 1.54) is 11.1 Å². The Balaban J connectivity index is 1.70. The van der Waals surface area contributed by atoms with Crippen molar-refractivity contribution in [3.8, 4) is 5.75 Å². The van der Waals surface area contributed by atoms with Crippen LogP contribution < -0.4 is 10.1 Å². The summed E-state index contributed by atoms with van der Waals surface area (Å²) in [5.41, 5.74) is 2.82. The minimum atomic E-state index is -4.39. The molecule has 5 nitrogen and oxygen atoms in total. The van der Waals surface area contributed by atoms with Gasteiger partial charge in [-0.25, -0.2) is 0 Å². The first-order valence-corrected chi connectivity index (χ1v) is 11.6. The first-order valence-electron chi connectivity index (χ1n) is 11.3. The Morgan fingerprint density at radius 3 is 2.79 bits per heavy atom. The standard InChI is InChI=1S/C24H27ClF4N4O/c1-15-13-17-16-5-2-3-6-18(16)32-21(17)23(33(15)14-24(27,28)29)22-20(25)19(7-10-31-22)34-12-11-30-9-4-8-26/h2-3,5-7,10,15,23,30,32H,4,8-9,11-14H2,1H3/t15-,23?/m1/s1. The summed E-state index contributed by atoms with van der Waals surface area (Å²) >= 11 is 6.67. The fourth-order valence-corrected chi connectivity index (χ4v) is 4.82. The quantitative estimate of drug-likeness (QED) is 0.304. The second-order valence-corrected chi connectivity index (χ2v) is 8.83. The number of H-pyrrole nitrogens is 1. The summed E-state index contributed by atoms with van der Waals surface area (Å²) in [5.74, 6) is 0.349. The average Bonchev–Trinajstić information content (AvgIpc) is 3.15. The van der Waals surface area contributed by atoms with E-state index in [9.17, 15) is 17.6 Å². The third-order valence-corrected chi connectivity index (χ3v) is 6.42. The Morgan fingerprint density at radius 2 is 2.03 bits per heavy atom. The van der Waals surface area contributed by atoms with Gasteiger partial charge in [0.15, 0.2) is 0 Å². The Labute approximate surface area is 200 Å². The normalized spacial score (nSPS) is 18.9. The number of pyridine rings is 1. The van der Waals surface area contributed by atoms with Crippen LogP contribution in [0.15, 0.2) is 36.5 Å². The molecule has 4 rings (SSSR count). The number of para-hydroxylation sites is 1. The van der Waals surface area contributed by atoms with Gasteiger partial charge in [-0.05, 0) is 37.9 Å². The monoisotopic (exact) mass is 498 g/mol. The van der Waals surface area contributed by atoms with E-state index in [1.54, 1.807) is 13.0 Å². The highest BCUT2D eigenvalue weighted by Crippen LogP contribution is 2.44. The van der Waals surface area contributed by atoms with Crippen molar-refractivity contribution in [3.05, 3.63) is 58.5 Å². The molecular weight excluding hydrogens is 472 g/mol. The lowest BCUT2D eigenvalue weighted by Gasteiger charge is -2.40.